The minimum atomic E-state index is -0.307. The number of hydrogen-bond acceptors (Lipinski definition) is 2. The molecule has 2 N–H and O–H groups in total. The van der Waals surface area contributed by atoms with Gasteiger partial charge in [0.2, 0.25) is 0 Å². The molecule has 2 aromatic carbocycles. The molecule has 1 atom stereocenters. The van der Waals surface area contributed by atoms with E-state index >= 15 is 0 Å². The average Bonchev–Trinajstić information content (AvgIpc) is 2.94. The quantitative estimate of drug-likeness (QED) is 0.722. The normalized spacial score (nSPS) is 16.4. The Morgan fingerprint density at radius 3 is 2.80 bits per heavy atom. The van der Waals surface area contributed by atoms with Gasteiger partial charge in [-0.2, -0.15) is 0 Å². The first-order chi connectivity index (χ1) is 11.7. The minimum absolute atomic E-state index is 0. The van der Waals surface area contributed by atoms with Crippen LogP contribution in [0.5, 0.6) is 5.75 Å². The minimum Gasteiger partial charge on any atom is -0.494 e. The fraction of sp³-hybridized carbons (Fsp3) is 0.300. The standard InChI is InChI=1S/C20H21FN2O.ClH/c1-12-3-5-17-15(9-12)14-7-8-22-18(20(14)23-17)11-13-4-6-19(24-2)16(21)10-13;/h3-6,9-10,18,22-23H,7-8,11H2,1-2H3;1H. The van der Waals surface area contributed by atoms with Gasteiger partial charge in [-0.1, -0.05) is 17.7 Å². The van der Waals surface area contributed by atoms with Crippen molar-refractivity contribution in [3.8, 4) is 5.75 Å². The smallest absolute Gasteiger partial charge is 0.165 e. The van der Waals surface area contributed by atoms with Crippen LogP contribution in [0, 0.1) is 12.7 Å². The second-order valence-electron chi connectivity index (χ2n) is 6.50. The Labute approximate surface area is 153 Å². The number of fused-ring (bicyclic) bond motifs is 3. The van der Waals surface area contributed by atoms with Gasteiger partial charge in [-0.05, 0) is 61.7 Å². The van der Waals surface area contributed by atoms with Crippen molar-refractivity contribution in [1.82, 2.24) is 10.3 Å². The van der Waals surface area contributed by atoms with Gasteiger partial charge < -0.3 is 15.0 Å². The van der Waals surface area contributed by atoms with E-state index in [4.69, 9.17) is 4.74 Å². The average molecular weight is 361 g/mol. The highest BCUT2D eigenvalue weighted by Crippen LogP contribution is 2.32. The first-order valence-corrected chi connectivity index (χ1v) is 8.32. The second-order valence-corrected chi connectivity index (χ2v) is 6.50. The number of rotatable bonds is 3. The number of aromatic nitrogens is 1. The summed E-state index contributed by atoms with van der Waals surface area (Å²) < 4.78 is 19.0. The highest BCUT2D eigenvalue weighted by molar-refractivity contribution is 5.86. The van der Waals surface area contributed by atoms with E-state index in [2.05, 4.69) is 35.4 Å². The second kappa shape index (κ2) is 7.06. The van der Waals surface area contributed by atoms with Crippen LogP contribution in [-0.4, -0.2) is 18.6 Å². The Bertz CT molecular complexity index is 906. The van der Waals surface area contributed by atoms with E-state index < -0.39 is 0 Å². The predicted octanol–water partition coefficient (Wildman–Crippen LogP) is 4.48. The van der Waals surface area contributed by atoms with Gasteiger partial charge in [0.05, 0.1) is 13.2 Å². The topological polar surface area (TPSA) is 37.0 Å². The van der Waals surface area contributed by atoms with E-state index in [1.807, 2.05) is 6.07 Å². The third-order valence-electron chi connectivity index (χ3n) is 4.86. The fourth-order valence-electron chi connectivity index (χ4n) is 3.67. The summed E-state index contributed by atoms with van der Waals surface area (Å²) in [6.45, 7) is 3.06. The van der Waals surface area contributed by atoms with Crippen LogP contribution in [0.4, 0.5) is 4.39 Å². The lowest BCUT2D eigenvalue weighted by atomic mass is 9.94. The Kier molecular flexibility index (Phi) is 5.02. The molecule has 0 saturated carbocycles. The number of halogens is 2. The molecule has 1 aromatic heterocycles. The molecule has 0 aliphatic carbocycles. The highest BCUT2D eigenvalue weighted by atomic mass is 35.5. The van der Waals surface area contributed by atoms with Crippen LogP contribution in [0.15, 0.2) is 36.4 Å². The van der Waals surface area contributed by atoms with Gasteiger partial charge in [0.1, 0.15) is 0 Å². The molecular weight excluding hydrogens is 339 g/mol. The van der Waals surface area contributed by atoms with E-state index in [-0.39, 0.29) is 30.0 Å². The molecule has 0 amide bonds. The van der Waals surface area contributed by atoms with Crippen LogP contribution in [-0.2, 0) is 12.8 Å². The Morgan fingerprint density at radius 2 is 2.04 bits per heavy atom. The van der Waals surface area contributed by atoms with Crippen molar-refractivity contribution >= 4 is 23.3 Å². The SMILES string of the molecule is COc1ccc(CC2NCCc3c2[nH]c2ccc(C)cc32)cc1F.Cl. The summed E-state index contributed by atoms with van der Waals surface area (Å²) in [5, 5.41) is 4.88. The number of ether oxygens (including phenoxy) is 1. The maximum atomic E-state index is 14.0. The zero-order valence-electron chi connectivity index (χ0n) is 14.4. The van der Waals surface area contributed by atoms with Crippen molar-refractivity contribution in [2.75, 3.05) is 13.7 Å². The van der Waals surface area contributed by atoms with Crippen molar-refractivity contribution in [1.29, 1.82) is 0 Å². The summed E-state index contributed by atoms with van der Waals surface area (Å²) in [4.78, 5) is 3.57. The summed E-state index contributed by atoms with van der Waals surface area (Å²) in [6.07, 6.45) is 1.77. The lowest BCUT2D eigenvalue weighted by Crippen LogP contribution is -2.31. The molecule has 0 radical (unpaired) electrons. The van der Waals surface area contributed by atoms with E-state index in [9.17, 15) is 4.39 Å². The van der Waals surface area contributed by atoms with Crippen molar-refractivity contribution < 1.29 is 9.13 Å². The molecule has 25 heavy (non-hydrogen) atoms. The van der Waals surface area contributed by atoms with Crippen molar-refractivity contribution in [2.24, 2.45) is 0 Å². The Hall–Kier alpha value is -2.04. The van der Waals surface area contributed by atoms with Gasteiger partial charge in [0.25, 0.3) is 0 Å². The Balaban J connectivity index is 0.00000182. The molecular formula is C20H22ClFN2O. The molecule has 5 heteroatoms. The van der Waals surface area contributed by atoms with Gasteiger partial charge >= 0.3 is 0 Å². The largest absolute Gasteiger partial charge is 0.494 e. The lowest BCUT2D eigenvalue weighted by molar-refractivity contribution is 0.385. The molecule has 1 aliphatic rings. The number of benzene rings is 2. The molecule has 4 rings (SSSR count). The van der Waals surface area contributed by atoms with E-state index in [0.29, 0.717) is 0 Å². The molecule has 1 aliphatic heterocycles. The van der Waals surface area contributed by atoms with Crippen LogP contribution < -0.4 is 10.1 Å². The zero-order chi connectivity index (χ0) is 16.7. The molecule has 0 spiro atoms. The van der Waals surface area contributed by atoms with Crippen LogP contribution in [0.1, 0.15) is 28.4 Å². The van der Waals surface area contributed by atoms with Crippen LogP contribution >= 0.6 is 12.4 Å². The lowest BCUT2D eigenvalue weighted by Gasteiger charge is -2.24. The fourth-order valence-corrected chi connectivity index (χ4v) is 3.67. The maximum Gasteiger partial charge on any atom is 0.165 e. The van der Waals surface area contributed by atoms with E-state index in [0.717, 1.165) is 24.9 Å². The molecule has 0 saturated heterocycles. The molecule has 132 valence electrons. The first kappa shape index (κ1) is 17.8. The predicted molar refractivity (Wildman–Crippen MR) is 101 cm³/mol. The summed E-state index contributed by atoms with van der Waals surface area (Å²) in [6, 6.07) is 11.9. The Morgan fingerprint density at radius 1 is 1.20 bits per heavy atom. The van der Waals surface area contributed by atoms with E-state index in [1.54, 1.807) is 12.1 Å². The zero-order valence-corrected chi connectivity index (χ0v) is 15.2. The van der Waals surface area contributed by atoms with Gasteiger partial charge in [0.15, 0.2) is 11.6 Å². The molecule has 3 aromatic rings. The number of H-pyrrole nitrogens is 1. The summed E-state index contributed by atoms with van der Waals surface area (Å²) in [5.74, 6) is -0.0181. The van der Waals surface area contributed by atoms with Crippen LogP contribution in [0.3, 0.4) is 0 Å². The summed E-state index contributed by atoms with van der Waals surface area (Å²) in [5.41, 5.74) is 6.05. The molecule has 3 nitrogen and oxygen atoms in total. The summed E-state index contributed by atoms with van der Waals surface area (Å²) in [7, 11) is 1.49. The number of methoxy groups -OCH3 is 1. The number of aryl methyl sites for hydroxylation is 1. The molecule has 2 heterocycles. The van der Waals surface area contributed by atoms with Crippen molar-refractivity contribution in [3.63, 3.8) is 0 Å². The number of hydrogen-bond donors (Lipinski definition) is 2. The first-order valence-electron chi connectivity index (χ1n) is 8.32. The third-order valence-corrected chi connectivity index (χ3v) is 4.86. The van der Waals surface area contributed by atoms with Gasteiger partial charge in [-0.25, -0.2) is 4.39 Å². The molecule has 1 unspecified atom stereocenters. The highest BCUT2D eigenvalue weighted by Gasteiger charge is 2.24. The molecule has 0 fully saturated rings. The number of aromatic amines is 1. The molecule has 0 bridgehead atoms. The van der Waals surface area contributed by atoms with Gasteiger partial charge in [-0.3, -0.25) is 0 Å². The van der Waals surface area contributed by atoms with Gasteiger partial charge in [0, 0.05) is 16.6 Å². The monoisotopic (exact) mass is 360 g/mol. The third kappa shape index (κ3) is 3.24. The van der Waals surface area contributed by atoms with Crippen LogP contribution in [0.25, 0.3) is 10.9 Å². The van der Waals surface area contributed by atoms with Crippen molar-refractivity contribution in [3.05, 3.63) is 64.6 Å². The number of nitrogens with one attached hydrogen (secondary N) is 2. The summed E-state index contributed by atoms with van der Waals surface area (Å²) >= 11 is 0. The van der Waals surface area contributed by atoms with Crippen molar-refractivity contribution in [2.45, 2.75) is 25.8 Å². The van der Waals surface area contributed by atoms with Gasteiger partial charge in [-0.15, -0.1) is 12.4 Å². The van der Waals surface area contributed by atoms with E-state index in [1.165, 1.54) is 34.8 Å². The van der Waals surface area contributed by atoms with Crippen LogP contribution in [0.2, 0.25) is 0 Å². The maximum absolute atomic E-state index is 14.0.